The first-order chi connectivity index (χ1) is 17.1. The Balaban J connectivity index is 1.46. The Morgan fingerprint density at radius 2 is 1.74 bits per heavy atom. The summed E-state index contributed by atoms with van der Waals surface area (Å²) >= 11 is 0. The SMILES string of the molecule is CN(C)CCCOc1ccc(-c2nc(-c3ccc4c(c3)CC/C4=N\O)c(-c3ccncc3)[nH]2)cc1. The number of nitrogens with zero attached hydrogens (tertiary/aromatic N) is 4. The number of aromatic nitrogens is 3. The second kappa shape index (κ2) is 10.1. The van der Waals surface area contributed by atoms with Gasteiger partial charge in [0.1, 0.15) is 11.6 Å². The summed E-state index contributed by atoms with van der Waals surface area (Å²) in [6, 6.07) is 18.2. The fourth-order valence-electron chi connectivity index (χ4n) is 4.45. The first-order valence-corrected chi connectivity index (χ1v) is 11.9. The first-order valence-electron chi connectivity index (χ1n) is 11.9. The number of benzene rings is 2. The number of oxime groups is 1. The molecule has 0 saturated carbocycles. The van der Waals surface area contributed by atoms with Crippen molar-refractivity contribution in [2.24, 2.45) is 5.16 Å². The van der Waals surface area contributed by atoms with Crippen LogP contribution in [0, 0.1) is 0 Å². The van der Waals surface area contributed by atoms with Gasteiger partial charge >= 0.3 is 0 Å². The van der Waals surface area contributed by atoms with E-state index in [0.717, 1.165) is 76.7 Å². The van der Waals surface area contributed by atoms with Gasteiger partial charge in [-0.15, -0.1) is 0 Å². The predicted octanol–water partition coefficient (Wildman–Crippen LogP) is 5.26. The maximum atomic E-state index is 9.28. The third kappa shape index (κ3) is 4.95. The Morgan fingerprint density at radius 1 is 0.971 bits per heavy atom. The molecule has 7 nitrogen and oxygen atoms in total. The molecule has 7 heteroatoms. The van der Waals surface area contributed by atoms with Gasteiger partial charge in [-0.3, -0.25) is 4.98 Å². The minimum atomic E-state index is 0.690. The van der Waals surface area contributed by atoms with Crippen LogP contribution < -0.4 is 4.74 Å². The molecule has 0 saturated heterocycles. The minimum absolute atomic E-state index is 0.690. The lowest BCUT2D eigenvalue weighted by Crippen LogP contribution is -2.15. The van der Waals surface area contributed by atoms with E-state index in [1.54, 1.807) is 12.4 Å². The van der Waals surface area contributed by atoms with Crippen LogP contribution in [0.3, 0.4) is 0 Å². The van der Waals surface area contributed by atoms with Gasteiger partial charge in [0.2, 0.25) is 0 Å². The summed E-state index contributed by atoms with van der Waals surface area (Å²) in [5.74, 6) is 1.65. The summed E-state index contributed by atoms with van der Waals surface area (Å²) in [7, 11) is 4.13. The van der Waals surface area contributed by atoms with E-state index in [0.29, 0.717) is 6.61 Å². The topological polar surface area (TPSA) is 86.6 Å². The van der Waals surface area contributed by atoms with Crippen LogP contribution in [0.2, 0.25) is 0 Å². The molecule has 0 bridgehead atoms. The van der Waals surface area contributed by atoms with Crippen LogP contribution in [0.5, 0.6) is 5.75 Å². The van der Waals surface area contributed by atoms with Crippen molar-refractivity contribution < 1.29 is 9.94 Å². The summed E-state index contributed by atoms with van der Waals surface area (Å²) in [6.07, 6.45) is 6.17. The van der Waals surface area contributed by atoms with Crippen molar-refractivity contribution in [1.82, 2.24) is 19.9 Å². The van der Waals surface area contributed by atoms with Crippen molar-refractivity contribution in [3.05, 3.63) is 78.1 Å². The molecule has 2 N–H and O–H groups in total. The van der Waals surface area contributed by atoms with Gasteiger partial charge in [-0.25, -0.2) is 4.98 Å². The molecule has 0 aliphatic heterocycles. The highest BCUT2D eigenvalue weighted by Crippen LogP contribution is 2.35. The van der Waals surface area contributed by atoms with E-state index >= 15 is 0 Å². The zero-order valence-corrected chi connectivity index (χ0v) is 20.0. The number of rotatable bonds is 8. The standard InChI is InChI=1S/C28H29N5O2/c1-33(2)16-3-17-35-23-8-4-20(5-9-23)28-30-26(19-12-14-29-15-13-19)27(31-28)22-6-10-24-21(18-22)7-11-25(24)32-34/h4-6,8-10,12-15,18,34H,3,7,11,16-17H2,1-2H3,(H,30,31)/b32-25+. The van der Waals surface area contributed by atoms with Crippen LogP contribution in [0.25, 0.3) is 33.9 Å². The molecule has 2 heterocycles. The van der Waals surface area contributed by atoms with Crippen LogP contribution in [-0.4, -0.2) is 58.0 Å². The molecule has 0 atom stereocenters. The zero-order chi connectivity index (χ0) is 24.2. The maximum absolute atomic E-state index is 9.28. The summed E-state index contributed by atoms with van der Waals surface area (Å²) in [5, 5.41) is 12.7. The number of hydrogen-bond acceptors (Lipinski definition) is 6. The highest BCUT2D eigenvalue weighted by Gasteiger charge is 2.21. The van der Waals surface area contributed by atoms with E-state index in [1.807, 2.05) is 48.5 Å². The molecule has 0 unspecified atom stereocenters. The van der Waals surface area contributed by atoms with E-state index in [1.165, 1.54) is 5.56 Å². The smallest absolute Gasteiger partial charge is 0.138 e. The quantitative estimate of drug-likeness (QED) is 0.210. The van der Waals surface area contributed by atoms with Gasteiger partial charge in [-0.05, 0) is 81.4 Å². The number of aromatic amines is 1. The normalized spacial score (nSPS) is 14.0. The highest BCUT2D eigenvalue weighted by molar-refractivity contribution is 6.04. The lowest BCUT2D eigenvalue weighted by Gasteiger charge is -2.10. The van der Waals surface area contributed by atoms with E-state index in [2.05, 4.69) is 40.2 Å². The Kier molecular flexibility index (Phi) is 6.59. The van der Waals surface area contributed by atoms with Gasteiger partial charge in [-0.2, -0.15) is 0 Å². The highest BCUT2D eigenvalue weighted by atomic mass is 16.5. The van der Waals surface area contributed by atoms with Crippen molar-refractivity contribution in [2.45, 2.75) is 19.3 Å². The maximum Gasteiger partial charge on any atom is 0.138 e. The van der Waals surface area contributed by atoms with Gasteiger partial charge in [-0.1, -0.05) is 17.3 Å². The molecule has 0 amide bonds. The Labute approximate surface area is 205 Å². The molecule has 2 aromatic heterocycles. The molecule has 1 aliphatic rings. The molecule has 178 valence electrons. The van der Waals surface area contributed by atoms with E-state index in [9.17, 15) is 5.21 Å². The molecule has 0 spiro atoms. The Morgan fingerprint density at radius 3 is 2.49 bits per heavy atom. The van der Waals surface area contributed by atoms with Crippen molar-refractivity contribution in [2.75, 3.05) is 27.2 Å². The van der Waals surface area contributed by atoms with Crippen molar-refractivity contribution >= 4 is 5.71 Å². The number of nitrogens with one attached hydrogen (secondary N) is 1. The van der Waals surface area contributed by atoms with Crippen molar-refractivity contribution in [1.29, 1.82) is 0 Å². The predicted molar refractivity (Wildman–Crippen MR) is 138 cm³/mol. The number of fused-ring (bicyclic) bond motifs is 1. The van der Waals surface area contributed by atoms with Gasteiger partial charge in [0.25, 0.3) is 0 Å². The molecule has 35 heavy (non-hydrogen) atoms. The summed E-state index contributed by atoms with van der Waals surface area (Å²) < 4.78 is 5.88. The number of aryl methyl sites for hydroxylation is 1. The van der Waals surface area contributed by atoms with Gasteiger partial charge < -0.3 is 19.8 Å². The minimum Gasteiger partial charge on any atom is -0.494 e. The number of H-pyrrole nitrogens is 1. The van der Waals surface area contributed by atoms with Crippen LogP contribution in [0.4, 0.5) is 0 Å². The van der Waals surface area contributed by atoms with Crippen LogP contribution in [0.1, 0.15) is 24.0 Å². The molecule has 5 rings (SSSR count). The van der Waals surface area contributed by atoms with Gasteiger partial charge in [0.15, 0.2) is 0 Å². The monoisotopic (exact) mass is 467 g/mol. The second-order valence-corrected chi connectivity index (χ2v) is 8.99. The second-order valence-electron chi connectivity index (χ2n) is 8.99. The number of ether oxygens (including phenoxy) is 1. The van der Waals surface area contributed by atoms with Crippen molar-refractivity contribution in [3.63, 3.8) is 0 Å². The van der Waals surface area contributed by atoms with Gasteiger partial charge in [0.05, 0.1) is 23.7 Å². The number of imidazole rings is 1. The molecule has 2 aromatic carbocycles. The average Bonchev–Trinajstić information content (AvgIpc) is 3.51. The van der Waals surface area contributed by atoms with Crippen LogP contribution in [0.15, 0.2) is 72.1 Å². The Bertz CT molecular complexity index is 1330. The zero-order valence-electron chi connectivity index (χ0n) is 20.0. The Hall–Kier alpha value is -3.97. The lowest BCUT2D eigenvalue weighted by molar-refractivity contribution is 0.281. The van der Waals surface area contributed by atoms with Gasteiger partial charge in [0, 0.05) is 41.2 Å². The van der Waals surface area contributed by atoms with E-state index in [-0.39, 0.29) is 0 Å². The molecular formula is C28H29N5O2. The number of pyridine rings is 1. The van der Waals surface area contributed by atoms with E-state index < -0.39 is 0 Å². The fraction of sp³-hybridized carbons (Fsp3) is 0.250. The molecule has 0 fully saturated rings. The molecular weight excluding hydrogens is 438 g/mol. The summed E-state index contributed by atoms with van der Waals surface area (Å²) in [6.45, 7) is 1.69. The third-order valence-corrected chi connectivity index (χ3v) is 6.26. The largest absolute Gasteiger partial charge is 0.494 e. The van der Waals surface area contributed by atoms with E-state index in [4.69, 9.17) is 9.72 Å². The molecule has 4 aromatic rings. The summed E-state index contributed by atoms with van der Waals surface area (Å²) in [4.78, 5) is 14.9. The fourth-order valence-corrected chi connectivity index (χ4v) is 4.45. The van der Waals surface area contributed by atoms with Crippen LogP contribution in [-0.2, 0) is 6.42 Å². The third-order valence-electron chi connectivity index (χ3n) is 6.26. The summed E-state index contributed by atoms with van der Waals surface area (Å²) in [5.41, 5.74) is 7.80. The lowest BCUT2D eigenvalue weighted by atomic mass is 10.0. The average molecular weight is 468 g/mol. The van der Waals surface area contributed by atoms with Crippen molar-refractivity contribution in [3.8, 4) is 39.7 Å². The number of hydrogen-bond donors (Lipinski definition) is 2. The van der Waals surface area contributed by atoms with Crippen LogP contribution >= 0.6 is 0 Å². The first kappa shape index (κ1) is 22.8. The molecule has 0 radical (unpaired) electrons. The molecule has 1 aliphatic carbocycles.